The third-order valence-corrected chi connectivity index (χ3v) is 20.9. The molecule has 466 valence electrons. The van der Waals surface area contributed by atoms with Crippen LogP contribution in [-0.4, -0.2) is 8.80 Å². The number of para-hydroxylation sites is 5. The summed E-state index contributed by atoms with van der Waals surface area (Å²) >= 11 is 0. The number of allylic oxidation sites excluding steroid dienone is 2. The van der Waals surface area contributed by atoms with E-state index in [4.69, 9.17) is 8.83 Å². The molecule has 0 atom stereocenters. The minimum atomic E-state index is 0.856. The zero-order chi connectivity index (χ0) is 65.7. The van der Waals surface area contributed by atoms with Crippen LogP contribution in [0.15, 0.2) is 319 Å². The van der Waals surface area contributed by atoms with Crippen molar-refractivity contribution in [3.05, 3.63) is 332 Å². The van der Waals surface area contributed by atoms with E-state index in [9.17, 15) is 0 Å². The van der Waals surface area contributed by atoms with E-state index in [-0.39, 0.29) is 0 Å². The summed E-state index contributed by atoms with van der Waals surface area (Å²) in [6.07, 6.45) is 5.87. The predicted molar refractivity (Wildman–Crippen MR) is 417 cm³/mol. The number of fused-ring (bicyclic) bond motifs is 16. The van der Waals surface area contributed by atoms with Gasteiger partial charge < -0.3 is 27.4 Å². The number of hydrogen-bond acceptors (Lipinski definition) is 4. The van der Waals surface area contributed by atoms with Gasteiger partial charge in [0.05, 0.1) is 44.5 Å². The molecular weight excluding hydrogens is 1210 g/mol. The van der Waals surface area contributed by atoms with E-state index in [0.29, 0.717) is 0 Å². The number of anilines is 6. The normalized spacial score (nSPS) is 12.2. The van der Waals surface area contributed by atoms with E-state index >= 15 is 0 Å². The van der Waals surface area contributed by atoms with E-state index in [1.807, 2.05) is 25.1 Å². The van der Waals surface area contributed by atoms with Crippen molar-refractivity contribution >= 4 is 149 Å². The van der Waals surface area contributed by atoms with Gasteiger partial charge in [-0.3, -0.25) is 0 Å². The van der Waals surface area contributed by atoms with Gasteiger partial charge in [-0.1, -0.05) is 237 Å². The number of aryl methyl sites for hydroxylation is 3. The highest BCUT2D eigenvalue weighted by Crippen LogP contribution is 2.55. The first kappa shape index (κ1) is 56.4. The number of nitrogens with zero attached hydrogens (tertiary/aromatic N) is 4. The Hall–Kier alpha value is -12.9. The molecule has 0 radical (unpaired) electrons. The molecule has 0 aliphatic carbocycles. The lowest BCUT2D eigenvalue weighted by atomic mass is 9.89. The minimum absolute atomic E-state index is 0.856. The topological polar surface area (TPSA) is 41.6 Å². The van der Waals surface area contributed by atoms with E-state index in [1.165, 1.54) is 98.4 Å². The maximum Gasteiger partial charge on any atom is 0.159 e. The van der Waals surface area contributed by atoms with Gasteiger partial charge in [-0.25, -0.2) is 0 Å². The number of aromatic nitrogens is 2. The summed E-state index contributed by atoms with van der Waals surface area (Å²) in [7, 11) is 0. The third-order valence-electron chi connectivity index (χ3n) is 20.9. The molecule has 6 heterocycles. The summed E-state index contributed by atoms with van der Waals surface area (Å²) in [5.74, 6) is 0.871. The van der Waals surface area contributed by atoms with E-state index < -0.39 is 0 Å². The van der Waals surface area contributed by atoms with Crippen LogP contribution in [0, 0.1) is 20.8 Å². The Morgan fingerprint density at radius 1 is 0.323 bits per heavy atom. The van der Waals surface area contributed by atoms with Crippen molar-refractivity contribution in [2.45, 2.75) is 20.8 Å². The molecule has 0 N–H and O–H groups in total. The van der Waals surface area contributed by atoms with Gasteiger partial charge in [0.15, 0.2) is 11.2 Å². The lowest BCUT2D eigenvalue weighted by Gasteiger charge is -2.27. The smallest absolute Gasteiger partial charge is 0.159 e. The summed E-state index contributed by atoms with van der Waals surface area (Å²) in [6.45, 7) is 10.3. The van der Waals surface area contributed by atoms with Gasteiger partial charge in [0.2, 0.25) is 0 Å². The molecular formula is C93H62N4O2. The summed E-state index contributed by atoms with van der Waals surface area (Å²) in [4.78, 5) is 4.68. The van der Waals surface area contributed by atoms with Crippen molar-refractivity contribution in [3.63, 3.8) is 0 Å². The van der Waals surface area contributed by atoms with Crippen LogP contribution in [0.1, 0.15) is 22.5 Å². The third kappa shape index (κ3) is 8.30. The molecule has 0 spiro atoms. The number of hydrogen-bond donors (Lipinski definition) is 0. The first-order valence-electron chi connectivity index (χ1n) is 34.0. The zero-order valence-corrected chi connectivity index (χ0v) is 54.8. The van der Waals surface area contributed by atoms with Crippen LogP contribution < -0.4 is 9.80 Å². The van der Waals surface area contributed by atoms with E-state index in [1.54, 1.807) is 0 Å². The Balaban J connectivity index is 0.756. The molecule has 99 heavy (non-hydrogen) atoms. The van der Waals surface area contributed by atoms with Crippen LogP contribution in [0.4, 0.5) is 34.1 Å². The summed E-state index contributed by atoms with van der Waals surface area (Å²) in [5.41, 5.74) is 28.9. The average molecular weight is 1270 g/mol. The van der Waals surface area contributed by atoms with E-state index in [0.717, 1.165) is 112 Å². The van der Waals surface area contributed by atoms with Gasteiger partial charge in [-0.2, -0.15) is 0 Å². The maximum absolute atomic E-state index is 6.73. The number of furan rings is 2. The molecule has 0 aliphatic rings. The fourth-order valence-corrected chi connectivity index (χ4v) is 16.6. The Bertz CT molecular complexity index is 6670. The molecule has 0 saturated heterocycles. The molecule has 14 aromatic carbocycles. The molecule has 0 saturated carbocycles. The Morgan fingerprint density at radius 3 is 1.23 bits per heavy atom. The van der Waals surface area contributed by atoms with Gasteiger partial charge in [-0.15, -0.1) is 0 Å². The van der Waals surface area contributed by atoms with Crippen molar-refractivity contribution in [3.8, 4) is 44.5 Å². The van der Waals surface area contributed by atoms with Gasteiger partial charge in [0, 0.05) is 98.7 Å². The maximum atomic E-state index is 6.73. The highest BCUT2D eigenvalue weighted by Gasteiger charge is 2.32. The fourth-order valence-electron chi connectivity index (χ4n) is 16.6. The number of benzene rings is 14. The standard InChI is InChI=1S/C93H62N4O2/c1-5-6-31-69-58(4)98-92-73(69)50-38-56(2)86(92)94(65-27-15-9-16-28-65)67-46-40-59(41-47-67)63-44-52-79-77(54-63)71-33-21-35-75-84-83(62-25-13-8-14-26-62)91-85(82(61-23-11-7-12-24-61)90(84)96(79)88(71)75)76-36-22-34-72-78-55-64(45-53-80(78)97(91)89(72)76)60-42-48-68(49-43-60)95(66-29-17-10-18-30-66)87-57(3)39-51-74-70-32-19-20-37-81(70)99-93(74)87/h5-55H,1H2,2-4H3/b31-6-. The van der Waals surface area contributed by atoms with Crippen molar-refractivity contribution in [2.24, 2.45) is 0 Å². The largest absolute Gasteiger partial charge is 0.458 e. The average Bonchev–Trinajstić information content (AvgIpc) is 1.50. The van der Waals surface area contributed by atoms with Crippen LogP contribution in [0.5, 0.6) is 0 Å². The molecule has 6 aromatic heterocycles. The summed E-state index contributed by atoms with van der Waals surface area (Å²) in [6, 6.07) is 107. The Kier molecular flexibility index (Phi) is 12.4. The lowest BCUT2D eigenvalue weighted by molar-refractivity contribution is 0.577. The number of rotatable bonds is 12. The second kappa shape index (κ2) is 21.8. The molecule has 0 aliphatic heterocycles. The second-order valence-corrected chi connectivity index (χ2v) is 26.4. The lowest BCUT2D eigenvalue weighted by Crippen LogP contribution is -2.11. The Morgan fingerprint density at radius 2 is 0.737 bits per heavy atom. The van der Waals surface area contributed by atoms with Gasteiger partial charge in [-0.05, 0) is 144 Å². The van der Waals surface area contributed by atoms with Crippen LogP contribution in [0.2, 0.25) is 0 Å². The van der Waals surface area contributed by atoms with Gasteiger partial charge in [0.25, 0.3) is 0 Å². The van der Waals surface area contributed by atoms with Crippen molar-refractivity contribution in [1.82, 2.24) is 8.80 Å². The molecule has 6 nitrogen and oxygen atoms in total. The predicted octanol–water partition coefficient (Wildman–Crippen LogP) is 26.4. The molecule has 0 amide bonds. The molecule has 20 aromatic rings. The molecule has 0 unspecified atom stereocenters. The summed E-state index contributed by atoms with van der Waals surface area (Å²) < 4.78 is 18.6. The van der Waals surface area contributed by atoms with Crippen LogP contribution >= 0.6 is 0 Å². The highest BCUT2D eigenvalue weighted by molar-refractivity contribution is 6.38. The fraction of sp³-hybridized carbons (Fsp3) is 0.0323. The quantitative estimate of drug-likeness (QED) is 0.114. The molecule has 0 bridgehead atoms. The molecule has 6 heteroatoms. The Labute approximate surface area is 571 Å². The van der Waals surface area contributed by atoms with Crippen molar-refractivity contribution in [2.75, 3.05) is 9.80 Å². The summed E-state index contributed by atoms with van der Waals surface area (Å²) in [5, 5.41) is 13.1. The SMILES string of the molecule is C=C/C=C\c1c(C)oc2c(N(c3ccccc3)c3ccc(-c4ccc5c(c4)c4cccc6c7c(-c8ccccc8)c8c(c(-c9ccccc9)c7n5c46)c4cccc5c6cc(-c7ccc(N(c9ccccc9)c9c(C)ccc%10c9oc9ccccc9%10)cc7)ccc6n8c54)cc3)c(C)ccc12. The monoisotopic (exact) mass is 1270 g/mol. The van der Waals surface area contributed by atoms with Crippen LogP contribution in [0.25, 0.3) is 160 Å². The first-order chi connectivity index (χ1) is 48.9. The zero-order valence-electron chi connectivity index (χ0n) is 54.8. The van der Waals surface area contributed by atoms with Gasteiger partial charge >= 0.3 is 0 Å². The van der Waals surface area contributed by atoms with Crippen LogP contribution in [-0.2, 0) is 0 Å². The first-order valence-corrected chi connectivity index (χ1v) is 34.0. The molecule has 20 rings (SSSR count). The molecule has 0 fully saturated rings. The van der Waals surface area contributed by atoms with Gasteiger partial charge in [0.1, 0.15) is 11.3 Å². The minimum Gasteiger partial charge on any atom is -0.458 e. The second-order valence-electron chi connectivity index (χ2n) is 26.4. The van der Waals surface area contributed by atoms with Crippen molar-refractivity contribution in [1.29, 1.82) is 0 Å². The van der Waals surface area contributed by atoms with E-state index in [2.05, 4.69) is 330 Å². The highest BCUT2D eigenvalue weighted by atomic mass is 16.3. The van der Waals surface area contributed by atoms with Crippen molar-refractivity contribution < 1.29 is 8.83 Å². The van der Waals surface area contributed by atoms with Crippen LogP contribution in [0.3, 0.4) is 0 Å².